The third kappa shape index (κ3) is 4.01. The standard InChI is InChI=1S/C17H17N3O4/c21-15(18-10-4-8-13-6-2-1-3-7-13)12-20-17(22)24-16(19-20)14-9-5-11-23-14/h1-3,5-7,9,11H,4,8,10,12H2,(H,18,21). The number of carbonyl (C=O) groups excluding carboxylic acids is 1. The maximum Gasteiger partial charge on any atom is 0.437 e. The summed E-state index contributed by atoms with van der Waals surface area (Å²) in [5, 5.41) is 6.72. The van der Waals surface area contributed by atoms with Crippen LogP contribution in [0.2, 0.25) is 0 Å². The number of furan rings is 1. The van der Waals surface area contributed by atoms with Gasteiger partial charge in [0.1, 0.15) is 6.54 Å². The molecule has 1 amide bonds. The molecule has 1 aromatic carbocycles. The number of amides is 1. The van der Waals surface area contributed by atoms with E-state index in [0.717, 1.165) is 17.5 Å². The first-order chi connectivity index (χ1) is 11.7. The largest absolute Gasteiger partial charge is 0.459 e. The first kappa shape index (κ1) is 15.8. The van der Waals surface area contributed by atoms with Crippen LogP contribution >= 0.6 is 0 Å². The molecule has 24 heavy (non-hydrogen) atoms. The minimum Gasteiger partial charge on any atom is -0.459 e. The summed E-state index contributed by atoms with van der Waals surface area (Å²) in [5.74, 6) is -0.582. The van der Waals surface area contributed by atoms with E-state index in [9.17, 15) is 9.59 Å². The van der Waals surface area contributed by atoms with Gasteiger partial charge in [0.05, 0.1) is 6.26 Å². The van der Waals surface area contributed by atoms with Gasteiger partial charge in [-0.05, 0) is 30.5 Å². The van der Waals surface area contributed by atoms with E-state index in [1.54, 1.807) is 12.1 Å². The molecule has 3 aromatic rings. The third-order valence-electron chi connectivity index (χ3n) is 3.44. The van der Waals surface area contributed by atoms with Crippen molar-refractivity contribution in [2.24, 2.45) is 0 Å². The van der Waals surface area contributed by atoms with Crippen LogP contribution in [0, 0.1) is 0 Å². The fraction of sp³-hybridized carbons (Fsp3) is 0.235. The average molecular weight is 327 g/mol. The van der Waals surface area contributed by atoms with Gasteiger partial charge < -0.3 is 14.2 Å². The van der Waals surface area contributed by atoms with Crippen LogP contribution in [0.3, 0.4) is 0 Å². The highest BCUT2D eigenvalue weighted by molar-refractivity contribution is 5.75. The second-order valence-corrected chi connectivity index (χ2v) is 5.25. The van der Waals surface area contributed by atoms with Crippen LogP contribution in [-0.2, 0) is 17.8 Å². The van der Waals surface area contributed by atoms with Gasteiger partial charge in [0.25, 0.3) is 5.89 Å². The highest BCUT2D eigenvalue weighted by atomic mass is 16.4. The van der Waals surface area contributed by atoms with Gasteiger partial charge in [-0.15, -0.1) is 5.10 Å². The van der Waals surface area contributed by atoms with E-state index in [2.05, 4.69) is 10.4 Å². The number of aromatic nitrogens is 2. The van der Waals surface area contributed by atoms with E-state index in [-0.39, 0.29) is 18.3 Å². The summed E-state index contributed by atoms with van der Waals surface area (Å²) in [6.07, 6.45) is 3.16. The quantitative estimate of drug-likeness (QED) is 0.669. The number of hydrogen-bond donors (Lipinski definition) is 1. The predicted octanol–water partition coefficient (Wildman–Crippen LogP) is 1.85. The van der Waals surface area contributed by atoms with E-state index < -0.39 is 5.76 Å². The fourth-order valence-corrected chi connectivity index (χ4v) is 2.26. The summed E-state index contributed by atoms with van der Waals surface area (Å²) >= 11 is 0. The van der Waals surface area contributed by atoms with Crippen molar-refractivity contribution >= 4 is 5.91 Å². The molecular weight excluding hydrogens is 310 g/mol. The Labute approximate surface area is 137 Å². The SMILES string of the molecule is O=C(Cn1nc(-c2ccco2)oc1=O)NCCCc1ccccc1. The van der Waals surface area contributed by atoms with Crippen molar-refractivity contribution in [3.63, 3.8) is 0 Å². The molecule has 0 radical (unpaired) electrons. The Morgan fingerprint density at radius 2 is 2.00 bits per heavy atom. The summed E-state index contributed by atoms with van der Waals surface area (Å²) < 4.78 is 11.0. The number of benzene rings is 1. The minimum atomic E-state index is -0.694. The second-order valence-electron chi connectivity index (χ2n) is 5.25. The van der Waals surface area contributed by atoms with Gasteiger partial charge in [0.15, 0.2) is 5.76 Å². The van der Waals surface area contributed by atoms with Crippen LogP contribution in [0.5, 0.6) is 0 Å². The zero-order valence-corrected chi connectivity index (χ0v) is 13.0. The molecule has 2 heterocycles. The highest BCUT2D eigenvalue weighted by Crippen LogP contribution is 2.14. The van der Waals surface area contributed by atoms with Crippen molar-refractivity contribution in [3.05, 3.63) is 64.8 Å². The molecule has 124 valence electrons. The second kappa shape index (κ2) is 7.45. The smallest absolute Gasteiger partial charge is 0.437 e. The molecule has 0 aliphatic carbocycles. The number of rotatable bonds is 7. The summed E-state index contributed by atoms with van der Waals surface area (Å²) in [5.41, 5.74) is 1.22. The Bertz CT molecular complexity index is 834. The first-order valence-electron chi connectivity index (χ1n) is 7.65. The van der Waals surface area contributed by atoms with Gasteiger partial charge in [-0.25, -0.2) is 4.79 Å². The topological polar surface area (TPSA) is 90.3 Å². The lowest BCUT2D eigenvalue weighted by Crippen LogP contribution is -2.32. The number of nitrogens with zero attached hydrogens (tertiary/aromatic N) is 2. The van der Waals surface area contributed by atoms with Crippen LogP contribution in [0.25, 0.3) is 11.7 Å². The van der Waals surface area contributed by atoms with Crippen molar-refractivity contribution in [3.8, 4) is 11.7 Å². The van der Waals surface area contributed by atoms with Crippen molar-refractivity contribution in [2.45, 2.75) is 19.4 Å². The predicted molar refractivity (Wildman–Crippen MR) is 86.2 cm³/mol. The van der Waals surface area contributed by atoms with Crippen LogP contribution in [0.1, 0.15) is 12.0 Å². The molecule has 0 fully saturated rings. The fourth-order valence-electron chi connectivity index (χ4n) is 2.26. The zero-order valence-electron chi connectivity index (χ0n) is 13.0. The molecule has 0 saturated carbocycles. The van der Waals surface area contributed by atoms with Gasteiger partial charge in [0, 0.05) is 6.54 Å². The Kier molecular flexibility index (Phi) is 4.90. The van der Waals surface area contributed by atoms with Crippen LogP contribution < -0.4 is 11.1 Å². The average Bonchev–Trinajstić information content (AvgIpc) is 3.23. The molecule has 0 spiro atoms. The lowest BCUT2D eigenvalue weighted by atomic mass is 10.1. The van der Waals surface area contributed by atoms with Crippen molar-refractivity contribution < 1.29 is 13.6 Å². The molecule has 0 bridgehead atoms. The Balaban J connectivity index is 1.48. The normalized spacial score (nSPS) is 10.7. The molecule has 3 rings (SSSR count). The minimum absolute atomic E-state index is 0.0573. The highest BCUT2D eigenvalue weighted by Gasteiger charge is 2.14. The molecule has 0 saturated heterocycles. The van der Waals surface area contributed by atoms with E-state index in [1.165, 1.54) is 11.8 Å². The van der Waals surface area contributed by atoms with Gasteiger partial charge in [-0.3, -0.25) is 4.79 Å². The summed E-state index contributed by atoms with van der Waals surface area (Å²) in [4.78, 5) is 23.6. The molecule has 0 aliphatic heterocycles. The van der Waals surface area contributed by atoms with Crippen molar-refractivity contribution in [2.75, 3.05) is 6.54 Å². The van der Waals surface area contributed by atoms with E-state index >= 15 is 0 Å². The number of carbonyl (C=O) groups is 1. The monoisotopic (exact) mass is 327 g/mol. The lowest BCUT2D eigenvalue weighted by molar-refractivity contribution is -0.121. The number of nitrogens with one attached hydrogen (secondary N) is 1. The van der Waals surface area contributed by atoms with E-state index in [4.69, 9.17) is 8.83 Å². The van der Waals surface area contributed by atoms with Crippen LogP contribution in [-0.4, -0.2) is 22.2 Å². The molecular formula is C17H17N3O4. The molecule has 2 aromatic heterocycles. The molecule has 0 unspecified atom stereocenters. The summed E-state index contributed by atoms with van der Waals surface area (Å²) in [6, 6.07) is 13.3. The van der Waals surface area contributed by atoms with Crippen LogP contribution in [0.4, 0.5) is 0 Å². The van der Waals surface area contributed by atoms with Crippen molar-refractivity contribution in [1.82, 2.24) is 15.1 Å². The molecule has 7 heteroatoms. The molecule has 1 N–H and O–H groups in total. The van der Waals surface area contributed by atoms with E-state index in [0.29, 0.717) is 12.3 Å². The van der Waals surface area contributed by atoms with Gasteiger partial charge >= 0.3 is 5.76 Å². The maximum atomic E-state index is 11.9. The van der Waals surface area contributed by atoms with Gasteiger partial charge in [0.2, 0.25) is 5.91 Å². The molecule has 7 nitrogen and oxygen atoms in total. The molecule has 0 aliphatic rings. The summed E-state index contributed by atoms with van der Waals surface area (Å²) in [7, 11) is 0. The Hall–Kier alpha value is -3.09. The summed E-state index contributed by atoms with van der Waals surface area (Å²) in [6.45, 7) is 0.347. The van der Waals surface area contributed by atoms with Gasteiger partial charge in [-0.1, -0.05) is 30.3 Å². The number of aryl methyl sites for hydroxylation is 1. The molecule has 0 atom stereocenters. The Morgan fingerprint density at radius 1 is 1.17 bits per heavy atom. The van der Waals surface area contributed by atoms with Crippen LogP contribution in [0.15, 0.2) is 62.4 Å². The van der Waals surface area contributed by atoms with Gasteiger partial charge in [-0.2, -0.15) is 4.68 Å². The van der Waals surface area contributed by atoms with Crippen molar-refractivity contribution in [1.29, 1.82) is 0 Å². The van der Waals surface area contributed by atoms with E-state index in [1.807, 2.05) is 30.3 Å². The Morgan fingerprint density at radius 3 is 2.75 bits per heavy atom. The maximum absolute atomic E-state index is 11.9. The first-order valence-corrected chi connectivity index (χ1v) is 7.65. The third-order valence-corrected chi connectivity index (χ3v) is 3.44. The lowest BCUT2D eigenvalue weighted by Gasteiger charge is -2.04. The zero-order chi connectivity index (χ0) is 16.8. The number of hydrogen-bond acceptors (Lipinski definition) is 5.